The van der Waals surface area contributed by atoms with Gasteiger partial charge in [-0.1, -0.05) is 30.3 Å². The number of benzene rings is 2. The summed E-state index contributed by atoms with van der Waals surface area (Å²) in [4.78, 5) is 15.2. The van der Waals surface area contributed by atoms with Crippen LogP contribution in [0.4, 0.5) is 0 Å². The van der Waals surface area contributed by atoms with Crippen molar-refractivity contribution >= 4 is 27.3 Å². The smallest absolute Gasteiger partial charge is 0.254 e. The number of methoxy groups -OCH3 is 1. The molecule has 0 bridgehead atoms. The topological polar surface area (TPSA) is 66.9 Å². The van der Waals surface area contributed by atoms with Crippen molar-refractivity contribution in [1.82, 2.24) is 9.21 Å². The van der Waals surface area contributed by atoms with E-state index in [1.807, 2.05) is 52.1 Å². The van der Waals surface area contributed by atoms with Crippen molar-refractivity contribution in [3.63, 3.8) is 0 Å². The average Bonchev–Trinajstić information content (AvgIpc) is 3.52. The molecule has 8 heteroatoms. The minimum Gasteiger partial charge on any atom is -0.495 e. The molecule has 0 radical (unpaired) electrons. The van der Waals surface area contributed by atoms with Crippen molar-refractivity contribution in [3.05, 3.63) is 82.0 Å². The first-order chi connectivity index (χ1) is 15.4. The number of thiophene rings is 1. The van der Waals surface area contributed by atoms with Crippen molar-refractivity contribution < 1.29 is 17.9 Å². The van der Waals surface area contributed by atoms with E-state index in [1.165, 1.54) is 24.5 Å². The molecule has 168 valence electrons. The lowest BCUT2D eigenvalue weighted by Gasteiger charge is -2.23. The lowest BCUT2D eigenvalue weighted by atomic mass is 10.1. The van der Waals surface area contributed by atoms with Crippen LogP contribution in [0.5, 0.6) is 5.75 Å². The molecule has 1 amide bonds. The van der Waals surface area contributed by atoms with Gasteiger partial charge in [0.15, 0.2) is 0 Å². The van der Waals surface area contributed by atoms with Crippen molar-refractivity contribution in [2.45, 2.75) is 36.9 Å². The van der Waals surface area contributed by atoms with Gasteiger partial charge in [0, 0.05) is 31.7 Å². The van der Waals surface area contributed by atoms with Crippen LogP contribution in [0.3, 0.4) is 0 Å². The van der Waals surface area contributed by atoms with E-state index in [-0.39, 0.29) is 29.1 Å². The number of rotatable bonds is 9. The first kappa shape index (κ1) is 22.5. The number of carbonyl (C=O) groups is 1. The highest BCUT2D eigenvalue weighted by molar-refractivity contribution is 7.89. The number of sulfonamides is 1. The Hall–Kier alpha value is -2.68. The van der Waals surface area contributed by atoms with Crippen molar-refractivity contribution in [1.29, 1.82) is 0 Å². The molecular formula is C24H26N2O4S2. The Labute approximate surface area is 193 Å². The fourth-order valence-electron chi connectivity index (χ4n) is 3.60. The molecule has 1 aliphatic carbocycles. The molecule has 32 heavy (non-hydrogen) atoms. The Morgan fingerprint density at radius 2 is 1.81 bits per heavy atom. The molecule has 0 unspecified atom stereocenters. The van der Waals surface area contributed by atoms with Crippen molar-refractivity contribution in [2.24, 2.45) is 0 Å². The molecule has 1 heterocycles. The van der Waals surface area contributed by atoms with Gasteiger partial charge in [0.2, 0.25) is 10.0 Å². The van der Waals surface area contributed by atoms with E-state index in [9.17, 15) is 13.2 Å². The zero-order chi connectivity index (χ0) is 22.7. The fraction of sp³-hybridized carbons (Fsp3) is 0.292. The molecule has 1 saturated carbocycles. The molecule has 1 aromatic heterocycles. The summed E-state index contributed by atoms with van der Waals surface area (Å²) >= 11 is 1.60. The summed E-state index contributed by atoms with van der Waals surface area (Å²) in [6.07, 6.45) is 1.94. The largest absolute Gasteiger partial charge is 0.495 e. The maximum absolute atomic E-state index is 13.4. The van der Waals surface area contributed by atoms with Gasteiger partial charge < -0.3 is 9.64 Å². The van der Waals surface area contributed by atoms with Crippen LogP contribution in [0, 0.1) is 0 Å². The third-order valence-corrected chi connectivity index (χ3v) is 8.09. The van der Waals surface area contributed by atoms with E-state index in [4.69, 9.17) is 4.74 Å². The quantitative estimate of drug-likeness (QED) is 0.465. The lowest BCUT2D eigenvalue weighted by molar-refractivity contribution is 0.0730. The highest BCUT2D eigenvalue weighted by Crippen LogP contribution is 2.33. The second-order valence-corrected chi connectivity index (χ2v) is 10.7. The zero-order valence-electron chi connectivity index (χ0n) is 18.1. The molecule has 1 aliphatic rings. The van der Waals surface area contributed by atoms with Crippen molar-refractivity contribution in [3.8, 4) is 5.75 Å². The third-order valence-electron chi connectivity index (χ3n) is 5.53. The van der Waals surface area contributed by atoms with Crippen molar-refractivity contribution in [2.75, 3.05) is 14.2 Å². The Bertz CT molecular complexity index is 1170. The van der Waals surface area contributed by atoms with E-state index < -0.39 is 10.0 Å². The first-order valence-corrected chi connectivity index (χ1v) is 12.8. The number of carbonyl (C=O) groups excluding carboxylic acids is 1. The highest BCUT2D eigenvalue weighted by atomic mass is 32.2. The van der Waals surface area contributed by atoms with Gasteiger partial charge in [0.05, 0.1) is 7.11 Å². The van der Waals surface area contributed by atoms with E-state index in [2.05, 4.69) is 0 Å². The van der Waals surface area contributed by atoms with Gasteiger partial charge in [-0.25, -0.2) is 8.42 Å². The summed E-state index contributed by atoms with van der Waals surface area (Å²) < 4.78 is 33.4. The van der Waals surface area contributed by atoms with Gasteiger partial charge >= 0.3 is 0 Å². The first-order valence-electron chi connectivity index (χ1n) is 10.4. The summed E-state index contributed by atoms with van der Waals surface area (Å²) in [5.74, 6) is 0.0563. The molecular weight excluding hydrogens is 444 g/mol. The Morgan fingerprint density at radius 3 is 2.44 bits per heavy atom. The van der Waals surface area contributed by atoms with Crippen LogP contribution in [0.2, 0.25) is 0 Å². The van der Waals surface area contributed by atoms with E-state index >= 15 is 0 Å². The lowest BCUT2D eigenvalue weighted by Crippen LogP contribution is -2.33. The normalized spacial score (nSPS) is 13.8. The number of ether oxygens (including phenoxy) is 1. The molecule has 0 saturated heterocycles. The van der Waals surface area contributed by atoms with Gasteiger partial charge in [0.1, 0.15) is 10.6 Å². The van der Waals surface area contributed by atoms with Crippen LogP contribution in [-0.2, 0) is 23.1 Å². The average molecular weight is 471 g/mol. The predicted molar refractivity (Wildman–Crippen MR) is 125 cm³/mol. The van der Waals surface area contributed by atoms with E-state index in [1.54, 1.807) is 23.5 Å². The van der Waals surface area contributed by atoms with Gasteiger partial charge in [-0.15, -0.1) is 0 Å². The minimum atomic E-state index is -3.88. The molecule has 1 fully saturated rings. The number of hydrogen-bond acceptors (Lipinski definition) is 5. The second-order valence-electron chi connectivity index (χ2n) is 7.91. The van der Waals surface area contributed by atoms with Gasteiger partial charge in [-0.05, 0) is 59.0 Å². The summed E-state index contributed by atoms with van der Waals surface area (Å²) in [5, 5.41) is 4.02. The highest BCUT2D eigenvalue weighted by Gasteiger charge is 2.34. The summed E-state index contributed by atoms with van der Waals surface area (Å²) in [7, 11) is -0.915. The molecule has 2 aromatic carbocycles. The van der Waals surface area contributed by atoms with Crippen LogP contribution in [0.15, 0.2) is 70.3 Å². The summed E-state index contributed by atoms with van der Waals surface area (Å²) in [6.45, 7) is 0.742. The summed E-state index contributed by atoms with van der Waals surface area (Å²) in [6, 6.07) is 16.2. The Kier molecular flexibility index (Phi) is 6.64. The SMILES string of the molecule is COc1ccc(C(=O)N(Cc2ccsc2)C2CC2)cc1S(=O)(=O)N(C)Cc1ccccc1. The molecule has 6 nitrogen and oxygen atoms in total. The van der Waals surface area contributed by atoms with E-state index in [0.29, 0.717) is 12.1 Å². The monoisotopic (exact) mass is 470 g/mol. The number of hydrogen-bond donors (Lipinski definition) is 0. The number of amides is 1. The molecule has 0 aliphatic heterocycles. The van der Waals surface area contributed by atoms with Crippen LogP contribution < -0.4 is 4.74 Å². The Morgan fingerprint density at radius 1 is 1.06 bits per heavy atom. The van der Waals surface area contributed by atoms with Crippen LogP contribution in [0.1, 0.15) is 34.3 Å². The molecule has 3 aromatic rings. The predicted octanol–water partition coefficient (Wildman–Crippen LogP) is 4.38. The zero-order valence-corrected chi connectivity index (χ0v) is 19.7. The van der Waals surface area contributed by atoms with Gasteiger partial charge in [-0.2, -0.15) is 15.6 Å². The number of nitrogens with zero attached hydrogens (tertiary/aromatic N) is 2. The van der Waals surface area contributed by atoms with Crippen LogP contribution in [0.25, 0.3) is 0 Å². The molecule has 4 rings (SSSR count). The standard InChI is InChI=1S/C24H26N2O4S2/c1-25(15-18-6-4-3-5-7-18)32(28,29)23-14-20(8-11-22(23)30-2)24(27)26(21-9-10-21)16-19-12-13-31-17-19/h3-8,11-14,17,21H,9-10,15-16H2,1-2H3. The second kappa shape index (κ2) is 9.44. The summed E-state index contributed by atoms with van der Waals surface area (Å²) in [5.41, 5.74) is 2.30. The maximum atomic E-state index is 13.4. The maximum Gasteiger partial charge on any atom is 0.254 e. The third kappa shape index (κ3) is 4.87. The minimum absolute atomic E-state index is 0.00411. The van der Waals surface area contributed by atoms with E-state index in [0.717, 1.165) is 24.0 Å². The Balaban J connectivity index is 1.63. The fourth-order valence-corrected chi connectivity index (χ4v) is 5.60. The van der Waals surface area contributed by atoms with Gasteiger partial charge in [-0.3, -0.25) is 4.79 Å². The van der Waals surface area contributed by atoms with Gasteiger partial charge in [0.25, 0.3) is 5.91 Å². The molecule has 0 spiro atoms. The van der Waals surface area contributed by atoms with Crippen LogP contribution >= 0.6 is 11.3 Å². The molecule has 0 atom stereocenters. The molecule has 0 N–H and O–H groups in total. The van der Waals surface area contributed by atoms with Crippen LogP contribution in [-0.4, -0.2) is 43.7 Å².